The third-order valence-corrected chi connectivity index (χ3v) is 3.10. The van der Waals surface area contributed by atoms with Gasteiger partial charge in [0.25, 0.3) is 0 Å². The van der Waals surface area contributed by atoms with Crippen LogP contribution in [0.2, 0.25) is 0 Å². The molecular weight excluding hydrogens is 224 g/mol. The van der Waals surface area contributed by atoms with Crippen LogP contribution in [-0.4, -0.2) is 17.5 Å². The number of amides is 1. The molecule has 1 fully saturated rings. The summed E-state index contributed by atoms with van der Waals surface area (Å²) >= 11 is 0. The van der Waals surface area contributed by atoms with E-state index in [-0.39, 0.29) is 18.3 Å². The number of rotatable bonds is 2. The normalized spacial score (nSPS) is 30.4. The molecule has 3 N–H and O–H groups in total. The van der Waals surface area contributed by atoms with Crippen molar-refractivity contribution in [2.24, 2.45) is 17.6 Å². The minimum absolute atomic E-state index is 0. The number of halogens is 1. The van der Waals surface area contributed by atoms with Crippen LogP contribution in [0.3, 0.4) is 0 Å². The summed E-state index contributed by atoms with van der Waals surface area (Å²) in [5.74, 6) is 1.38. The summed E-state index contributed by atoms with van der Waals surface area (Å²) in [5.41, 5.74) is 4.99. The molecule has 0 aliphatic heterocycles. The van der Waals surface area contributed by atoms with Crippen LogP contribution in [0, 0.1) is 11.8 Å². The Morgan fingerprint density at radius 1 is 1.19 bits per heavy atom. The molecule has 0 saturated heterocycles. The maximum absolute atomic E-state index is 11.7. The van der Waals surface area contributed by atoms with Crippen molar-refractivity contribution in [3.8, 4) is 0 Å². The van der Waals surface area contributed by atoms with Crippen molar-refractivity contribution in [3.05, 3.63) is 0 Å². The fourth-order valence-corrected chi connectivity index (χ4v) is 2.44. The summed E-state index contributed by atoms with van der Waals surface area (Å²) in [4.78, 5) is 11.7. The van der Waals surface area contributed by atoms with Gasteiger partial charge in [0.2, 0.25) is 5.91 Å². The third kappa shape index (κ3) is 4.71. The summed E-state index contributed by atoms with van der Waals surface area (Å²) in [6.07, 6.45) is 3.46. The fourth-order valence-electron chi connectivity index (χ4n) is 2.44. The van der Waals surface area contributed by atoms with E-state index in [0.717, 1.165) is 12.8 Å². The molecule has 1 saturated carbocycles. The highest BCUT2D eigenvalue weighted by Gasteiger charge is 2.29. The maximum Gasteiger partial charge on any atom is 0.239 e. The highest BCUT2D eigenvalue weighted by atomic mass is 35.5. The Kier molecular flexibility index (Phi) is 5.77. The number of carbonyl (C=O) groups is 1. The lowest BCUT2D eigenvalue weighted by atomic mass is 9.80. The number of carbonyl (C=O) groups excluding carboxylic acids is 1. The van der Waals surface area contributed by atoms with Gasteiger partial charge >= 0.3 is 0 Å². The van der Waals surface area contributed by atoms with Crippen molar-refractivity contribution in [1.82, 2.24) is 5.32 Å². The van der Waals surface area contributed by atoms with Crippen LogP contribution in [-0.2, 0) is 4.79 Å². The topological polar surface area (TPSA) is 55.1 Å². The summed E-state index contributed by atoms with van der Waals surface area (Å²) in [6, 6.07) is 0.319. The molecular formula is C12H25ClN2O. The van der Waals surface area contributed by atoms with Gasteiger partial charge in [-0.3, -0.25) is 4.79 Å². The van der Waals surface area contributed by atoms with Gasteiger partial charge in [0.05, 0.1) is 5.54 Å². The summed E-state index contributed by atoms with van der Waals surface area (Å²) in [7, 11) is 0. The molecule has 0 aromatic heterocycles. The van der Waals surface area contributed by atoms with E-state index in [0.29, 0.717) is 17.9 Å². The second-order valence-electron chi connectivity index (χ2n) is 5.81. The molecule has 0 aromatic rings. The quantitative estimate of drug-likeness (QED) is 0.786. The molecule has 1 rings (SSSR count). The van der Waals surface area contributed by atoms with Gasteiger partial charge in [0.15, 0.2) is 0 Å². The first-order valence-electron chi connectivity index (χ1n) is 5.89. The molecule has 16 heavy (non-hydrogen) atoms. The monoisotopic (exact) mass is 248 g/mol. The number of nitrogens with two attached hydrogens (primary N) is 1. The zero-order valence-electron chi connectivity index (χ0n) is 10.7. The average molecular weight is 249 g/mol. The van der Waals surface area contributed by atoms with Crippen LogP contribution in [0.5, 0.6) is 0 Å². The van der Waals surface area contributed by atoms with Gasteiger partial charge in [-0.25, -0.2) is 0 Å². The number of nitrogens with one attached hydrogen (secondary N) is 1. The number of hydrogen-bond acceptors (Lipinski definition) is 2. The lowest BCUT2D eigenvalue weighted by molar-refractivity contribution is -0.126. The van der Waals surface area contributed by atoms with Crippen molar-refractivity contribution < 1.29 is 4.79 Å². The van der Waals surface area contributed by atoms with Gasteiger partial charge in [-0.15, -0.1) is 12.4 Å². The van der Waals surface area contributed by atoms with Gasteiger partial charge in [-0.2, -0.15) is 0 Å². The van der Waals surface area contributed by atoms with E-state index in [9.17, 15) is 4.79 Å². The van der Waals surface area contributed by atoms with Gasteiger partial charge in [-0.05, 0) is 44.9 Å². The standard InChI is InChI=1S/C12H24N2O.ClH/c1-8-5-9(2)7-10(6-8)14-11(15)12(3,4)13;/h8-10H,5-7,13H2,1-4H3,(H,14,15);1H. The molecule has 4 heteroatoms. The molecule has 96 valence electrons. The molecule has 1 aliphatic carbocycles. The lowest BCUT2D eigenvalue weighted by Gasteiger charge is -2.33. The molecule has 1 amide bonds. The van der Waals surface area contributed by atoms with Crippen LogP contribution >= 0.6 is 12.4 Å². The van der Waals surface area contributed by atoms with E-state index in [4.69, 9.17) is 5.73 Å². The first-order valence-corrected chi connectivity index (χ1v) is 5.89. The Morgan fingerprint density at radius 2 is 1.62 bits per heavy atom. The molecule has 3 nitrogen and oxygen atoms in total. The molecule has 2 unspecified atom stereocenters. The van der Waals surface area contributed by atoms with Gasteiger partial charge in [0, 0.05) is 6.04 Å². The van der Waals surface area contributed by atoms with Crippen LogP contribution in [0.4, 0.5) is 0 Å². The second-order valence-corrected chi connectivity index (χ2v) is 5.81. The largest absolute Gasteiger partial charge is 0.352 e. The van der Waals surface area contributed by atoms with E-state index in [1.807, 2.05) is 0 Å². The van der Waals surface area contributed by atoms with Crippen LogP contribution in [0.1, 0.15) is 47.0 Å². The Hall–Kier alpha value is -0.280. The van der Waals surface area contributed by atoms with Crippen LogP contribution in [0.25, 0.3) is 0 Å². The summed E-state index contributed by atoms with van der Waals surface area (Å²) < 4.78 is 0. The van der Waals surface area contributed by atoms with Crippen molar-refractivity contribution in [2.75, 3.05) is 0 Å². The molecule has 0 heterocycles. The zero-order valence-corrected chi connectivity index (χ0v) is 11.6. The van der Waals surface area contributed by atoms with Crippen molar-refractivity contribution >= 4 is 18.3 Å². The Bertz CT molecular complexity index is 228. The summed E-state index contributed by atoms with van der Waals surface area (Å²) in [6.45, 7) is 8.00. The van der Waals surface area contributed by atoms with Crippen molar-refractivity contribution in [2.45, 2.75) is 58.5 Å². The Morgan fingerprint density at radius 3 is 2.00 bits per heavy atom. The van der Waals surface area contributed by atoms with Crippen LogP contribution in [0.15, 0.2) is 0 Å². The highest BCUT2D eigenvalue weighted by Crippen LogP contribution is 2.28. The predicted octanol–water partition coefficient (Wildman–Crippen LogP) is 2.09. The Balaban J connectivity index is 0.00000225. The first-order chi connectivity index (χ1) is 6.79. The van der Waals surface area contributed by atoms with Crippen molar-refractivity contribution in [1.29, 1.82) is 0 Å². The van der Waals surface area contributed by atoms with Gasteiger partial charge < -0.3 is 11.1 Å². The highest BCUT2D eigenvalue weighted by molar-refractivity contribution is 5.85. The minimum atomic E-state index is -0.760. The zero-order chi connectivity index (χ0) is 11.6. The molecule has 2 atom stereocenters. The minimum Gasteiger partial charge on any atom is -0.352 e. The molecule has 0 aromatic carbocycles. The van der Waals surface area contributed by atoms with Gasteiger partial charge in [0.1, 0.15) is 0 Å². The number of hydrogen-bond donors (Lipinski definition) is 2. The second kappa shape index (κ2) is 5.87. The smallest absolute Gasteiger partial charge is 0.239 e. The van der Waals surface area contributed by atoms with E-state index in [1.54, 1.807) is 13.8 Å². The van der Waals surface area contributed by atoms with Gasteiger partial charge in [-0.1, -0.05) is 13.8 Å². The fraction of sp³-hybridized carbons (Fsp3) is 0.917. The molecule has 0 spiro atoms. The van der Waals surface area contributed by atoms with Crippen molar-refractivity contribution in [3.63, 3.8) is 0 Å². The Labute approximate surface area is 105 Å². The van der Waals surface area contributed by atoms with E-state index in [1.165, 1.54) is 6.42 Å². The summed E-state index contributed by atoms with van der Waals surface area (Å²) in [5, 5.41) is 3.06. The van der Waals surface area contributed by atoms with E-state index >= 15 is 0 Å². The predicted molar refractivity (Wildman–Crippen MR) is 69.6 cm³/mol. The molecule has 1 aliphatic rings. The average Bonchev–Trinajstić information content (AvgIpc) is 1.99. The molecule has 0 bridgehead atoms. The maximum atomic E-state index is 11.7. The van der Waals surface area contributed by atoms with Crippen LogP contribution < -0.4 is 11.1 Å². The first kappa shape index (κ1) is 15.7. The lowest BCUT2D eigenvalue weighted by Crippen LogP contribution is -2.53. The molecule has 0 radical (unpaired) electrons. The van der Waals surface area contributed by atoms with E-state index in [2.05, 4.69) is 19.2 Å². The SMILES string of the molecule is CC1CC(C)CC(NC(=O)C(C)(C)N)C1.Cl. The van der Waals surface area contributed by atoms with E-state index < -0.39 is 5.54 Å². The third-order valence-electron chi connectivity index (χ3n) is 3.10.